The number of aryl methyl sites for hydroxylation is 2. The molecule has 1 aromatic heterocycles. The van der Waals surface area contributed by atoms with E-state index in [9.17, 15) is 0 Å². The third-order valence-electron chi connectivity index (χ3n) is 3.40. The molecule has 20 heavy (non-hydrogen) atoms. The fraction of sp³-hybridized carbons (Fsp3) is 0.467. The Morgan fingerprint density at radius 2 is 2.25 bits per heavy atom. The molecule has 3 rings (SSSR count). The van der Waals surface area contributed by atoms with Crippen molar-refractivity contribution in [3.8, 4) is 5.75 Å². The molecule has 0 spiro atoms. The average molecular weight is 272 g/mol. The van der Waals surface area contributed by atoms with Gasteiger partial charge >= 0.3 is 0 Å². The van der Waals surface area contributed by atoms with Crippen LogP contribution in [-0.2, 0) is 20.2 Å². The molecular formula is C15H20N4O. The van der Waals surface area contributed by atoms with Gasteiger partial charge in [-0.05, 0) is 25.8 Å². The van der Waals surface area contributed by atoms with Gasteiger partial charge in [0.05, 0.1) is 6.20 Å². The lowest BCUT2D eigenvalue weighted by molar-refractivity contribution is 0.297. The molecule has 106 valence electrons. The zero-order valence-electron chi connectivity index (χ0n) is 12.0. The SMILES string of the molecule is Cc1ccc(OCc2cn(C)nn2)c(CNC2CC2)c1. The molecule has 0 atom stereocenters. The molecule has 0 unspecified atom stereocenters. The number of ether oxygens (including phenoxy) is 1. The van der Waals surface area contributed by atoms with Crippen LogP contribution in [0.4, 0.5) is 0 Å². The Morgan fingerprint density at radius 1 is 1.40 bits per heavy atom. The Balaban J connectivity index is 1.66. The zero-order chi connectivity index (χ0) is 13.9. The van der Waals surface area contributed by atoms with Crippen molar-refractivity contribution < 1.29 is 4.74 Å². The minimum Gasteiger partial charge on any atom is -0.487 e. The number of nitrogens with one attached hydrogen (secondary N) is 1. The van der Waals surface area contributed by atoms with Gasteiger partial charge in [-0.3, -0.25) is 4.68 Å². The van der Waals surface area contributed by atoms with Crippen LogP contribution in [0.2, 0.25) is 0 Å². The third kappa shape index (κ3) is 3.36. The molecular weight excluding hydrogens is 252 g/mol. The Labute approximate surface area is 118 Å². The van der Waals surface area contributed by atoms with E-state index in [1.807, 2.05) is 19.3 Å². The van der Waals surface area contributed by atoms with Crippen LogP contribution in [0.1, 0.15) is 29.7 Å². The molecule has 0 bridgehead atoms. The summed E-state index contributed by atoms with van der Waals surface area (Å²) in [6.45, 7) is 3.42. The van der Waals surface area contributed by atoms with Gasteiger partial charge in [0.15, 0.2) is 0 Å². The molecule has 1 aliphatic carbocycles. The largest absolute Gasteiger partial charge is 0.487 e. The van der Waals surface area contributed by atoms with Crippen molar-refractivity contribution in [1.29, 1.82) is 0 Å². The fourth-order valence-corrected chi connectivity index (χ4v) is 2.14. The predicted octanol–water partition coefficient (Wildman–Crippen LogP) is 1.95. The third-order valence-corrected chi connectivity index (χ3v) is 3.40. The molecule has 0 radical (unpaired) electrons. The molecule has 1 heterocycles. The minimum atomic E-state index is 0.452. The molecule has 1 fully saturated rings. The van der Waals surface area contributed by atoms with E-state index in [1.54, 1.807) is 4.68 Å². The van der Waals surface area contributed by atoms with E-state index in [4.69, 9.17) is 4.74 Å². The number of aromatic nitrogens is 3. The van der Waals surface area contributed by atoms with Crippen LogP contribution in [0, 0.1) is 6.92 Å². The lowest BCUT2D eigenvalue weighted by Gasteiger charge is -2.12. The lowest BCUT2D eigenvalue weighted by atomic mass is 10.1. The molecule has 2 aromatic rings. The van der Waals surface area contributed by atoms with Crippen LogP contribution in [0.3, 0.4) is 0 Å². The second-order valence-corrected chi connectivity index (χ2v) is 5.44. The summed E-state index contributed by atoms with van der Waals surface area (Å²) in [5.41, 5.74) is 3.31. The van der Waals surface area contributed by atoms with Crippen molar-refractivity contribution in [3.05, 3.63) is 41.2 Å². The van der Waals surface area contributed by atoms with Crippen LogP contribution in [0.15, 0.2) is 24.4 Å². The molecule has 5 heteroatoms. The van der Waals surface area contributed by atoms with Crippen molar-refractivity contribution >= 4 is 0 Å². The molecule has 0 saturated heterocycles. The van der Waals surface area contributed by atoms with E-state index in [-0.39, 0.29) is 0 Å². The van der Waals surface area contributed by atoms with E-state index in [2.05, 4.69) is 34.7 Å². The van der Waals surface area contributed by atoms with Crippen LogP contribution in [0.25, 0.3) is 0 Å². The van der Waals surface area contributed by atoms with Gasteiger partial charge in [-0.15, -0.1) is 5.10 Å². The molecule has 0 amide bonds. The molecule has 1 saturated carbocycles. The first-order valence-electron chi connectivity index (χ1n) is 7.01. The summed E-state index contributed by atoms with van der Waals surface area (Å²) in [5, 5.41) is 11.5. The van der Waals surface area contributed by atoms with Gasteiger partial charge in [-0.2, -0.15) is 0 Å². The van der Waals surface area contributed by atoms with Gasteiger partial charge in [0.1, 0.15) is 18.1 Å². The Kier molecular flexibility index (Phi) is 3.69. The minimum absolute atomic E-state index is 0.452. The van der Waals surface area contributed by atoms with Crippen molar-refractivity contribution in [1.82, 2.24) is 20.3 Å². The average Bonchev–Trinajstić information content (AvgIpc) is 3.17. The van der Waals surface area contributed by atoms with Crippen molar-refractivity contribution in [2.24, 2.45) is 7.05 Å². The lowest BCUT2D eigenvalue weighted by Crippen LogP contribution is -2.16. The highest BCUT2D eigenvalue weighted by atomic mass is 16.5. The highest BCUT2D eigenvalue weighted by molar-refractivity contribution is 5.37. The standard InChI is InChI=1S/C15H20N4O/c1-11-3-6-15(12(7-11)8-16-13-4-5-13)20-10-14-9-19(2)18-17-14/h3,6-7,9,13,16H,4-5,8,10H2,1-2H3. The molecule has 1 N–H and O–H groups in total. The summed E-state index contributed by atoms with van der Waals surface area (Å²) in [6, 6.07) is 6.99. The maximum atomic E-state index is 5.89. The van der Waals surface area contributed by atoms with Crippen molar-refractivity contribution in [3.63, 3.8) is 0 Å². The first-order chi connectivity index (χ1) is 9.70. The number of benzene rings is 1. The quantitative estimate of drug-likeness (QED) is 0.873. The number of nitrogens with zero attached hydrogens (tertiary/aromatic N) is 3. The van der Waals surface area contributed by atoms with Gasteiger partial charge in [-0.1, -0.05) is 22.9 Å². The zero-order valence-corrected chi connectivity index (χ0v) is 12.0. The van der Waals surface area contributed by atoms with E-state index in [0.29, 0.717) is 12.6 Å². The monoisotopic (exact) mass is 272 g/mol. The summed E-state index contributed by atoms with van der Waals surface area (Å²) in [4.78, 5) is 0. The Hall–Kier alpha value is -1.88. The molecule has 1 aliphatic rings. The highest BCUT2D eigenvalue weighted by Crippen LogP contribution is 2.24. The second kappa shape index (κ2) is 5.63. The van der Waals surface area contributed by atoms with Gasteiger partial charge in [0, 0.05) is 25.2 Å². The maximum Gasteiger partial charge on any atom is 0.134 e. The van der Waals surface area contributed by atoms with Crippen LogP contribution in [0.5, 0.6) is 5.75 Å². The topological polar surface area (TPSA) is 52.0 Å². The van der Waals surface area contributed by atoms with Gasteiger partial charge in [-0.25, -0.2) is 0 Å². The number of hydrogen-bond acceptors (Lipinski definition) is 4. The summed E-state index contributed by atoms with van der Waals surface area (Å²) >= 11 is 0. The van der Waals surface area contributed by atoms with Crippen LogP contribution < -0.4 is 10.1 Å². The van der Waals surface area contributed by atoms with E-state index in [0.717, 1.165) is 18.0 Å². The number of hydrogen-bond donors (Lipinski definition) is 1. The number of rotatable bonds is 6. The molecule has 1 aromatic carbocycles. The summed E-state index contributed by atoms with van der Waals surface area (Å²) < 4.78 is 7.57. The summed E-state index contributed by atoms with van der Waals surface area (Å²) in [7, 11) is 1.85. The van der Waals surface area contributed by atoms with Gasteiger partial charge in [0.25, 0.3) is 0 Å². The smallest absolute Gasteiger partial charge is 0.134 e. The maximum absolute atomic E-state index is 5.89. The molecule has 0 aliphatic heterocycles. The first-order valence-corrected chi connectivity index (χ1v) is 7.01. The fourth-order valence-electron chi connectivity index (χ4n) is 2.14. The van der Waals surface area contributed by atoms with Crippen molar-refractivity contribution in [2.45, 2.75) is 39.0 Å². The molecule has 5 nitrogen and oxygen atoms in total. The van der Waals surface area contributed by atoms with Crippen LogP contribution in [-0.4, -0.2) is 21.0 Å². The highest BCUT2D eigenvalue weighted by Gasteiger charge is 2.20. The van der Waals surface area contributed by atoms with Crippen molar-refractivity contribution in [2.75, 3.05) is 0 Å². The predicted molar refractivity (Wildman–Crippen MR) is 76.4 cm³/mol. The van der Waals surface area contributed by atoms with E-state index in [1.165, 1.54) is 24.0 Å². The Bertz CT molecular complexity index is 589. The summed E-state index contributed by atoms with van der Waals surface area (Å²) in [5.74, 6) is 0.925. The summed E-state index contributed by atoms with van der Waals surface area (Å²) in [6.07, 6.45) is 4.46. The van der Waals surface area contributed by atoms with E-state index < -0.39 is 0 Å². The normalized spacial score (nSPS) is 14.5. The second-order valence-electron chi connectivity index (χ2n) is 5.44. The van der Waals surface area contributed by atoms with Crippen LogP contribution >= 0.6 is 0 Å². The van der Waals surface area contributed by atoms with E-state index >= 15 is 0 Å². The van der Waals surface area contributed by atoms with Gasteiger partial charge in [0.2, 0.25) is 0 Å². The first kappa shape index (κ1) is 13.1. The Morgan fingerprint density at radius 3 is 2.95 bits per heavy atom. The van der Waals surface area contributed by atoms with Gasteiger partial charge < -0.3 is 10.1 Å².